The molecule has 1 spiro atoms. The van der Waals surface area contributed by atoms with Gasteiger partial charge in [-0.05, 0) is 107 Å². The lowest BCUT2D eigenvalue weighted by Crippen LogP contribution is -2.46. The van der Waals surface area contributed by atoms with E-state index in [-0.39, 0.29) is 17.7 Å². The van der Waals surface area contributed by atoms with Gasteiger partial charge in [0, 0.05) is 31.1 Å². The van der Waals surface area contributed by atoms with Gasteiger partial charge in [0.2, 0.25) is 0 Å². The average molecular weight is 804 g/mol. The van der Waals surface area contributed by atoms with Crippen LogP contribution in [0.3, 0.4) is 0 Å². The molecule has 8 nitrogen and oxygen atoms in total. The minimum Gasteiger partial charge on any atom is -0.390 e. The number of amides is 1. The second kappa shape index (κ2) is 11.8. The molecule has 224 valence electrons. The molecule has 3 aromatic carbocycles. The van der Waals surface area contributed by atoms with Crippen LogP contribution in [0, 0.1) is 19.0 Å². The number of carbonyl (C=O) groups is 1. The molecule has 6 rings (SSSR count). The lowest BCUT2D eigenvalue weighted by molar-refractivity contribution is -0.146. The Kier molecular flexibility index (Phi) is 8.44. The Hall–Kier alpha value is -2.39. The van der Waals surface area contributed by atoms with Gasteiger partial charge in [0.05, 0.1) is 30.1 Å². The van der Waals surface area contributed by atoms with Gasteiger partial charge >= 0.3 is 0 Å². The van der Waals surface area contributed by atoms with Gasteiger partial charge in [-0.25, -0.2) is 0 Å². The fourth-order valence-electron chi connectivity index (χ4n) is 6.86. The minimum absolute atomic E-state index is 0.0960. The van der Waals surface area contributed by atoms with E-state index >= 15 is 0 Å². The number of hydrogen-bond acceptors (Lipinski definition) is 6. The summed E-state index contributed by atoms with van der Waals surface area (Å²) >= 11 is 4.56. The second-order valence-corrected chi connectivity index (χ2v) is 14.5. The first-order valence-electron chi connectivity index (χ1n) is 14.4. The highest BCUT2D eigenvalue weighted by Gasteiger charge is 2.65. The minimum atomic E-state index is -1.22. The summed E-state index contributed by atoms with van der Waals surface area (Å²) in [7, 11) is 0. The monoisotopic (exact) mass is 804 g/mol. The molecule has 43 heavy (non-hydrogen) atoms. The molecule has 2 N–H and O–H groups in total. The van der Waals surface area contributed by atoms with E-state index in [9.17, 15) is 15.0 Å². The van der Waals surface area contributed by atoms with Crippen LogP contribution in [0.4, 0.5) is 5.69 Å². The molecule has 10 heteroatoms. The molecule has 1 saturated heterocycles. The number of benzene rings is 3. The van der Waals surface area contributed by atoms with Crippen molar-refractivity contribution in [3.05, 3.63) is 109 Å². The summed E-state index contributed by atoms with van der Waals surface area (Å²) in [5, 5.41) is 30.7. The fourth-order valence-corrected chi connectivity index (χ4v) is 7.71. The Balaban J connectivity index is 1.29. The lowest BCUT2D eigenvalue weighted by Gasteiger charge is -2.34. The summed E-state index contributed by atoms with van der Waals surface area (Å²) in [6.45, 7) is 6.51. The van der Waals surface area contributed by atoms with E-state index < -0.39 is 23.4 Å². The number of aromatic nitrogens is 3. The molecule has 0 aliphatic carbocycles. The summed E-state index contributed by atoms with van der Waals surface area (Å²) in [5.41, 5.74) is 1.63. The van der Waals surface area contributed by atoms with Crippen molar-refractivity contribution >= 4 is 56.8 Å². The predicted octanol–water partition coefficient (Wildman–Crippen LogP) is 5.82. The van der Waals surface area contributed by atoms with E-state index in [0.29, 0.717) is 25.2 Å². The third-order valence-electron chi connectivity index (χ3n) is 8.79. The number of aliphatic hydroxyl groups is 2. The first-order valence-corrected chi connectivity index (χ1v) is 16.5. The van der Waals surface area contributed by atoms with Gasteiger partial charge in [-0.3, -0.25) is 9.48 Å². The van der Waals surface area contributed by atoms with Crippen LogP contribution in [0.25, 0.3) is 0 Å². The first-order chi connectivity index (χ1) is 20.5. The van der Waals surface area contributed by atoms with Gasteiger partial charge in [0.25, 0.3) is 5.91 Å². The predicted molar refractivity (Wildman–Crippen MR) is 180 cm³/mol. The molecule has 5 atom stereocenters. The van der Waals surface area contributed by atoms with Gasteiger partial charge in [-0.15, -0.1) is 5.10 Å². The molecule has 1 amide bonds. The Morgan fingerprint density at radius 1 is 1.05 bits per heavy atom. The van der Waals surface area contributed by atoms with E-state index in [4.69, 9.17) is 4.74 Å². The molecule has 0 unspecified atom stereocenters. The van der Waals surface area contributed by atoms with E-state index in [2.05, 4.69) is 73.7 Å². The van der Waals surface area contributed by atoms with Crippen molar-refractivity contribution in [1.82, 2.24) is 15.0 Å². The average Bonchev–Trinajstić information content (AvgIpc) is 3.64. The van der Waals surface area contributed by atoms with Crippen LogP contribution in [0.15, 0.2) is 79.0 Å². The van der Waals surface area contributed by atoms with Crippen LogP contribution >= 0.6 is 45.2 Å². The van der Waals surface area contributed by atoms with Crippen LogP contribution in [-0.2, 0) is 28.2 Å². The largest absolute Gasteiger partial charge is 0.390 e. The third-order valence-corrected chi connectivity index (χ3v) is 10.2. The summed E-state index contributed by atoms with van der Waals surface area (Å²) in [6, 6.07) is 23.6. The molecule has 0 saturated carbocycles. The maximum atomic E-state index is 14.5. The Bertz CT molecular complexity index is 1620. The van der Waals surface area contributed by atoms with E-state index in [0.717, 1.165) is 29.5 Å². The number of hydrogen-bond donors (Lipinski definition) is 2. The quantitative estimate of drug-likeness (QED) is 0.218. The summed E-state index contributed by atoms with van der Waals surface area (Å²) in [6.07, 6.45) is 0.953. The number of rotatable bonds is 8. The number of aryl methyl sites for hydroxylation is 1. The van der Waals surface area contributed by atoms with Crippen molar-refractivity contribution in [2.75, 3.05) is 4.90 Å². The standard InChI is InChI=1S/C33H34I2N4O4/c1-20-29(32(2,3)42)28(15-16-38-19-26(36-37-38)30(40)22-7-5-4-6-8-22)43-33(20)25-17-24(35)13-14-27(25)39(31(33)41)18-21-9-11-23(34)12-10-21/h4-14,17,19-20,28-30,40,42H,15-16,18H2,1-3H3/t20-,28+,29-,30+,33+/m0/s1. The molecule has 1 fully saturated rings. The highest BCUT2D eigenvalue weighted by Crippen LogP contribution is 2.58. The molecule has 2 aliphatic heterocycles. The van der Waals surface area contributed by atoms with Crippen LogP contribution in [0.2, 0.25) is 0 Å². The number of aliphatic hydroxyl groups excluding tert-OH is 1. The Morgan fingerprint density at radius 2 is 1.74 bits per heavy atom. The topological polar surface area (TPSA) is 101 Å². The number of fused-ring (bicyclic) bond motifs is 2. The Labute approximate surface area is 278 Å². The van der Waals surface area contributed by atoms with Gasteiger partial charge in [0.15, 0.2) is 5.60 Å². The molecule has 0 bridgehead atoms. The zero-order valence-electron chi connectivity index (χ0n) is 24.2. The van der Waals surface area contributed by atoms with Crippen LogP contribution in [-0.4, -0.2) is 42.8 Å². The normalized spacial score (nSPS) is 24.1. The van der Waals surface area contributed by atoms with Crippen LogP contribution in [0.5, 0.6) is 0 Å². The SMILES string of the molecule is C[C@H]1[C@H](C(C)(C)O)[C@@H](CCn2cc([C@H](O)c3ccccc3)nn2)O[C@]12C(=O)N(Cc1ccc(I)cc1)c1ccc(I)cc12. The van der Waals surface area contributed by atoms with Crippen molar-refractivity contribution in [3.63, 3.8) is 0 Å². The molecule has 3 heterocycles. The van der Waals surface area contributed by atoms with Gasteiger partial charge < -0.3 is 19.8 Å². The van der Waals surface area contributed by atoms with E-state index in [1.165, 1.54) is 0 Å². The van der Waals surface area contributed by atoms with Crippen molar-refractivity contribution in [2.24, 2.45) is 11.8 Å². The number of anilines is 1. The number of carbonyl (C=O) groups excluding carboxylic acids is 1. The molecule has 2 aliphatic rings. The van der Waals surface area contributed by atoms with Crippen molar-refractivity contribution in [3.8, 4) is 0 Å². The van der Waals surface area contributed by atoms with E-state index in [1.807, 2.05) is 66.4 Å². The van der Waals surface area contributed by atoms with Crippen molar-refractivity contribution in [1.29, 1.82) is 0 Å². The molecular weight excluding hydrogens is 770 g/mol. The molecule has 0 radical (unpaired) electrons. The smallest absolute Gasteiger partial charge is 0.264 e. The number of halogens is 2. The van der Waals surface area contributed by atoms with Gasteiger partial charge in [0.1, 0.15) is 11.8 Å². The van der Waals surface area contributed by atoms with Gasteiger partial charge in [-0.2, -0.15) is 0 Å². The maximum Gasteiger partial charge on any atom is 0.264 e. The highest BCUT2D eigenvalue weighted by molar-refractivity contribution is 14.1. The lowest BCUT2D eigenvalue weighted by atomic mass is 9.71. The van der Waals surface area contributed by atoms with Crippen LogP contribution < -0.4 is 4.90 Å². The summed E-state index contributed by atoms with van der Waals surface area (Å²) in [5.74, 6) is -0.713. The number of ether oxygens (including phenoxy) is 1. The summed E-state index contributed by atoms with van der Waals surface area (Å²) < 4.78 is 10.8. The zero-order chi connectivity index (χ0) is 30.5. The second-order valence-electron chi connectivity index (χ2n) is 12.0. The highest BCUT2D eigenvalue weighted by atomic mass is 127. The fraction of sp³-hybridized carbons (Fsp3) is 0.364. The molecule has 1 aromatic heterocycles. The Morgan fingerprint density at radius 3 is 2.44 bits per heavy atom. The number of nitrogens with zero attached hydrogens (tertiary/aromatic N) is 4. The zero-order valence-corrected chi connectivity index (χ0v) is 28.5. The van der Waals surface area contributed by atoms with Crippen molar-refractivity contribution in [2.45, 2.75) is 63.7 Å². The van der Waals surface area contributed by atoms with E-state index in [1.54, 1.807) is 24.7 Å². The molecular formula is C33H34I2N4O4. The van der Waals surface area contributed by atoms with Crippen molar-refractivity contribution < 1.29 is 19.7 Å². The van der Waals surface area contributed by atoms with Gasteiger partial charge in [-0.1, -0.05) is 54.6 Å². The third kappa shape index (κ3) is 5.65. The molecule has 4 aromatic rings. The van der Waals surface area contributed by atoms with Crippen LogP contribution in [0.1, 0.15) is 55.7 Å². The summed E-state index contributed by atoms with van der Waals surface area (Å²) in [4.78, 5) is 16.4. The maximum absolute atomic E-state index is 14.5. The first kappa shape index (κ1) is 30.6.